The molecule has 0 saturated heterocycles. The van der Waals surface area contributed by atoms with Crippen LogP contribution in [-0.2, 0) is 0 Å². The molecule has 0 atom stereocenters. The summed E-state index contributed by atoms with van der Waals surface area (Å²) in [6.07, 6.45) is 0. The predicted molar refractivity (Wildman–Crippen MR) is 56.1 cm³/mol. The Bertz CT molecular complexity index is 299. The van der Waals surface area contributed by atoms with Crippen LogP contribution in [0.15, 0.2) is 30.3 Å². The Morgan fingerprint density at radius 3 is 2.15 bits per heavy atom. The van der Waals surface area contributed by atoms with Crippen molar-refractivity contribution in [1.29, 1.82) is 0 Å². The number of nitrogens with zero attached hydrogens (tertiary/aromatic N) is 2. The number of rotatable bonds is 2. The van der Waals surface area contributed by atoms with Crippen LogP contribution in [0.2, 0.25) is 0 Å². The molecule has 0 spiro atoms. The van der Waals surface area contributed by atoms with Crippen LogP contribution in [0.25, 0.3) is 0 Å². The van der Waals surface area contributed by atoms with Crippen LogP contribution in [0.1, 0.15) is 12.5 Å². The molecular formula is C11H17N2+. The highest BCUT2D eigenvalue weighted by molar-refractivity contribution is 5.94. The first-order valence-electron chi connectivity index (χ1n) is 4.43. The summed E-state index contributed by atoms with van der Waals surface area (Å²) in [5.41, 5.74) is 2.52. The quantitative estimate of drug-likeness (QED) is 0.378. The molecule has 70 valence electrons. The minimum atomic E-state index is 1.26. The van der Waals surface area contributed by atoms with Crippen molar-refractivity contribution in [3.8, 4) is 0 Å². The SMILES string of the molecule is C/C(c1ccccc1)=[N+](/C)N(C)C. The molecule has 0 fully saturated rings. The molecule has 0 heterocycles. The zero-order valence-corrected chi connectivity index (χ0v) is 8.78. The monoisotopic (exact) mass is 177 g/mol. The molecule has 0 aliphatic rings. The van der Waals surface area contributed by atoms with Gasteiger partial charge < -0.3 is 0 Å². The van der Waals surface area contributed by atoms with Gasteiger partial charge in [0, 0.05) is 12.5 Å². The largest absolute Gasteiger partial charge is 0.209 e. The van der Waals surface area contributed by atoms with E-state index in [-0.39, 0.29) is 0 Å². The van der Waals surface area contributed by atoms with E-state index < -0.39 is 0 Å². The molecule has 0 aliphatic carbocycles. The van der Waals surface area contributed by atoms with Crippen molar-refractivity contribution in [2.24, 2.45) is 0 Å². The van der Waals surface area contributed by atoms with Crippen LogP contribution >= 0.6 is 0 Å². The van der Waals surface area contributed by atoms with Gasteiger partial charge in [0.15, 0.2) is 7.05 Å². The fraction of sp³-hybridized carbons (Fsp3) is 0.364. The third-order valence-corrected chi connectivity index (χ3v) is 2.28. The molecule has 13 heavy (non-hydrogen) atoms. The van der Waals surface area contributed by atoms with Crippen LogP contribution in [0.5, 0.6) is 0 Å². The van der Waals surface area contributed by atoms with Crippen molar-refractivity contribution in [2.75, 3.05) is 21.1 Å². The Labute approximate surface area is 80.1 Å². The maximum Gasteiger partial charge on any atom is 0.209 e. The van der Waals surface area contributed by atoms with Gasteiger partial charge in [0.2, 0.25) is 5.71 Å². The summed E-state index contributed by atoms with van der Waals surface area (Å²) in [5.74, 6) is 0. The normalized spacial score (nSPS) is 12.3. The Kier molecular flexibility index (Phi) is 3.07. The smallest absolute Gasteiger partial charge is 0.192 e. The zero-order chi connectivity index (χ0) is 9.84. The fourth-order valence-electron chi connectivity index (χ4n) is 1.17. The lowest BCUT2D eigenvalue weighted by atomic mass is 10.1. The van der Waals surface area contributed by atoms with Crippen LogP contribution < -0.4 is 0 Å². The molecule has 0 unspecified atom stereocenters. The van der Waals surface area contributed by atoms with Crippen LogP contribution in [0.4, 0.5) is 0 Å². The second-order valence-corrected chi connectivity index (χ2v) is 3.32. The van der Waals surface area contributed by atoms with E-state index in [0.29, 0.717) is 0 Å². The highest BCUT2D eigenvalue weighted by Gasteiger charge is 2.08. The molecule has 0 radical (unpaired) electrons. The molecule has 0 N–H and O–H groups in total. The average molecular weight is 177 g/mol. The minimum absolute atomic E-state index is 1.26. The summed E-state index contributed by atoms with van der Waals surface area (Å²) in [5, 5.41) is 2.06. The van der Waals surface area contributed by atoms with E-state index in [1.165, 1.54) is 11.3 Å². The lowest BCUT2D eigenvalue weighted by Gasteiger charge is -2.09. The molecular weight excluding hydrogens is 160 g/mol. The summed E-state index contributed by atoms with van der Waals surface area (Å²) in [4.78, 5) is 0. The Hall–Kier alpha value is -1.31. The van der Waals surface area contributed by atoms with Gasteiger partial charge in [0.05, 0.1) is 14.1 Å². The van der Waals surface area contributed by atoms with E-state index in [9.17, 15) is 0 Å². The number of hydrogen-bond acceptors (Lipinski definition) is 1. The van der Waals surface area contributed by atoms with E-state index in [1.807, 2.05) is 20.2 Å². The van der Waals surface area contributed by atoms with Crippen molar-refractivity contribution in [1.82, 2.24) is 5.01 Å². The maximum atomic E-state index is 2.12. The molecule has 1 rings (SSSR count). The Balaban J connectivity index is 3.03. The lowest BCUT2D eigenvalue weighted by molar-refractivity contribution is -0.655. The Morgan fingerprint density at radius 1 is 1.15 bits per heavy atom. The highest BCUT2D eigenvalue weighted by Crippen LogP contribution is 2.00. The van der Waals surface area contributed by atoms with Gasteiger partial charge in [-0.05, 0) is 12.1 Å². The van der Waals surface area contributed by atoms with Crippen molar-refractivity contribution < 1.29 is 4.68 Å². The topological polar surface area (TPSA) is 6.25 Å². The fourth-order valence-corrected chi connectivity index (χ4v) is 1.17. The number of hydrazine groups is 1. The maximum absolute atomic E-state index is 2.12. The van der Waals surface area contributed by atoms with Gasteiger partial charge in [0.1, 0.15) is 0 Å². The molecule has 0 aliphatic heterocycles. The second kappa shape index (κ2) is 4.08. The van der Waals surface area contributed by atoms with Gasteiger partial charge in [-0.15, -0.1) is 4.68 Å². The highest BCUT2D eigenvalue weighted by atomic mass is 15.5. The summed E-state index contributed by atoms with van der Waals surface area (Å²) in [6, 6.07) is 10.4. The molecule has 1 aromatic carbocycles. The van der Waals surface area contributed by atoms with Crippen molar-refractivity contribution in [3.05, 3.63) is 35.9 Å². The average Bonchev–Trinajstić information content (AvgIpc) is 2.17. The number of hydrazone groups is 1. The summed E-state index contributed by atoms with van der Waals surface area (Å²) < 4.78 is 2.12. The van der Waals surface area contributed by atoms with Crippen LogP contribution in [-0.4, -0.2) is 36.5 Å². The van der Waals surface area contributed by atoms with Gasteiger partial charge in [-0.25, -0.2) is 0 Å². The predicted octanol–water partition coefficient (Wildman–Crippen LogP) is 1.61. The van der Waals surface area contributed by atoms with Gasteiger partial charge in [-0.1, -0.05) is 18.2 Å². The summed E-state index contributed by atoms with van der Waals surface area (Å²) >= 11 is 0. The van der Waals surface area contributed by atoms with Crippen LogP contribution in [0, 0.1) is 0 Å². The van der Waals surface area contributed by atoms with Gasteiger partial charge in [-0.2, -0.15) is 5.01 Å². The van der Waals surface area contributed by atoms with E-state index >= 15 is 0 Å². The first kappa shape index (κ1) is 9.78. The minimum Gasteiger partial charge on any atom is -0.192 e. The molecule has 0 bridgehead atoms. The number of benzene rings is 1. The van der Waals surface area contributed by atoms with Crippen LogP contribution in [0.3, 0.4) is 0 Å². The molecule has 2 heteroatoms. The standard InChI is InChI=1S/C11H17N2/c1-10(13(4)12(2)3)11-8-6-5-7-9-11/h5-9H,1-4H3/q+1/b13-10+. The van der Waals surface area contributed by atoms with E-state index in [0.717, 1.165) is 0 Å². The van der Waals surface area contributed by atoms with E-state index in [1.54, 1.807) is 0 Å². The molecule has 0 saturated carbocycles. The first-order valence-corrected chi connectivity index (χ1v) is 4.43. The second-order valence-electron chi connectivity index (χ2n) is 3.32. The lowest BCUT2D eigenvalue weighted by Crippen LogP contribution is -2.29. The third-order valence-electron chi connectivity index (χ3n) is 2.28. The summed E-state index contributed by atoms with van der Waals surface area (Å²) in [6.45, 7) is 2.12. The molecule has 0 aromatic heterocycles. The van der Waals surface area contributed by atoms with E-state index in [2.05, 4.69) is 47.9 Å². The van der Waals surface area contributed by atoms with Gasteiger partial charge in [-0.3, -0.25) is 0 Å². The van der Waals surface area contributed by atoms with Crippen molar-refractivity contribution in [3.63, 3.8) is 0 Å². The Morgan fingerprint density at radius 2 is 1.69 bits per heavy atom. The van der Waals surface area contributed by atoms with E-state index in [4.69, 9.17) is 0 Å². The zero-order valence-electron chi connectivity index (χ0n) is 8.78. The van der Waals surface area contributed by atoms with Crippen molar-refractivity contribution >= 4 is 5.71 Å². The summed E-state index contributed by atoms with van der Waals surface area (Å²) in [7, 11) is 6.13. The van der Waals surface area contributed by atoms with Gasteiger partial charge in [0.25, 0.3) is 0 Å². The van der Waals surface area contributed by atoms with Crippen molar-refractivity contribution in [2.45, 2.75) is 6.92 Å². The molecule has 0 amide bonds. The third kappa shape index (κ3) is 2.31. The molecule has 2 nitrogen and oxygen atoms in total. The first-order chi connectivity index (χ1) is 6.13. The molecule has 1 aromatic rings. The number of hydrogen-bond donors (Lipinski definition) is 0. The van der Waals surface area contributed by atoms with Gasteiger partial charge >= 0.3 is 0 Å².